The molecule has 1 atom stereocenters. The molecule has 0 saturated heterocycles. The van der Waals surface area contributed by atoms with Gasteiger partial charge in [-0.3, -0.25) is 9.78 Å². The van der Waals surface area contributed by atoms with E-state index in [0.717, 1.165) is 29.7 Å². The highest BCUT2D eigenvalue weighted by atomic mass is 19.4. The van der Waals surface area contributed by atoms with E-state index in [-0.39, 0.29) is 17.5 Å². The van der Waals surface area contributed by atoms with Gasteiger partial charge in [0, 0.05) is 11.9 Å². The van der Waals surface area contributed by atoms with Gasteiger partial charge in [0.2, 0.25) is 5.91 Å². The van der Waals surface area contributed by atoms with Crippen molar-refractivity contribution in [3.8, 4) is 0 Å². The number of aryl methyl sites for hydroxylation is 1. The average molecular weight is 535 g/mol. The molecule has 0 bridgehead atoms. The number of alkyl halides is 6. The van der Waals surface area contributed by atoms with Crippen molar-refractivity contribution in [3.05, 3.63) is 100 Å². The number of amides is 1. The summed E-state index contributed by atoms with van der Waals surface area (Å²) in [6, 6.07) is 14.6. The normalized spacial score (nSPS) is 21.1. The second kappa shape index (κ2) is 10.4. The van der Waals surface area contributed by atoms with Crippen molar-refractivity contribution in [2.75, 3.05) is 0 Å². The molecule has 4 rings (SSSR count). The van der Waals surface area contributed by atoms with Gasteiger partial charge in [-0.1, -0.05) is 36.4 Å². The Morgan fingerprint density at radius 3 is 2.00 bits per heavy atom. The smallest absolute Gasteiger partial charge is 0.346 e. The molecular formula is C29H28F6N2O. The van der Waals surface area contributed by atoms with E-state index >= 15 is 0 Å². The van der Waals surface area contributed by atoms with Crippen molar-refractivity contribution in [3.63, 3.8) is 0 Å². The lowest BCUT2D eigenvalue weighted by molar-refractivity contribution is -0.143. The number of halogens is 6. The Hall–Kier alpha value is -3.36. The van der Waals surface area contributed by atoms with Gasteiger partial charge >= 0.3 is 12.4 Å². The van der Waals surface area contributed by atoms with Crippen molar-refractivity contribution >= 4 is 5.91 Å². The number of hydrogen-bond donors (Lipinski definition) is 1. The molecule has 0 radical (unpaired) electrons. The number of rotatable bonds is 5. The Morgan fingerprint density at radius 1 is 0.921 bits per heavy atom. The number of hydrogen-bond acceptors (Lipinski definition) is 2. The summed E-state index contributed by atoms with van der Waals surface area (Å²) in [6.07, 6.45) is -5.54. The molecule has 1 amide bonds. The van der Waals surface area contributed by atoms with Gasteiger partial charge < -0.3 is 5.32 Å². The Labute approximate surface area is 217 Å². The molecule has 1 aliphatic rings. The lowest BCUT2D eigenvalue weighted by Gasteiger charge is -2.42. The number of pyridine rings is 1. The average Bonchev–Trinajstić information content (AvgIpc) is 2.88. The number of carbonyl (C=O) groups is 1. The Bertz CT molecular complexity index is 1230. The second-order valence-electron chi connectivity index (χ2n) is 10.0. The molecule has 2 aromatic carbocycles. The number of aromatic nitrogens is 1. The van der Waals surface area contributed by atoms with Crippen LogP contribution in [-0.2, 0) is 22.7 Å². The molecule has 1 aliphatic carbocycles. The number of nitrogens with one attached hydrogen (secondary N) is 1. The van der Waals surface area contributed by atoms with E-state index in [2.05, 4.69) is 10.3 Å². The van der Waals surface area contributed by atoms with Gasteiger partial charge in [0.25, 0.3) is 0 Å². The standard InChI is InChI=1S/C29H28F6N2O/c1-18-8-9-21(17-36-18)20-10-12-27(13-11-20,23-6-4-3-5-7-23)37-26(38)19(2)22-14-24(28(30,31)32)16-25(15-22)29(33,34)35/h3-9,14-17,19-20H,10-13H2,1-2H3,(H,37,38)/t19-,20?,27?/m0/s1. The van der Waals surface area contributed by atoms with Crippen LogP contribution < -0.4 is 5.32 Å². The first-order valence-corrected chi connectivity index (χ1v) is 12.4. The van der Waals surface area contributed by atoms with Crippen LogP contribution in [-0.4, -0.2) is 10.9 Å². The Morgan fingerprint density at radius 2 is 1.50 bits per heavy atom. The molecule has 1 fully saturated rings. The lowest BCUT2D eigenvalue weighted by Crippen LogP contribution is -2.49. The monoisotopic (exact) mass is 534 g/mol. The zero-order chi connectivity index (χ0) is 27.7. The van der Waals surface area contributed by atoms with Crippen molar-refractivity contribution in [1.29, 1.82) is 0 Å². The van der Waals surface area contributed by atoms with Crippen LogP contribution in [0.5, 0.6) is 0 Å². The summed E-state index contributed by atoms with van der Waals surface area (Å²) in [7, 11) is 0. The molecule has 202 valence electrons. The maximum atomic E-state index is 13.4. The van der Waals surface area contributed by atoms with Gasteiger partial charge in [0.15, 0.2) is 0 Å². The second-order valence-corrected chi connectivity index (χ2v) is 10.0. The van der Waals surface area contributed by atoms with E-state index in [1.807, 2.05) is 55.6 Å². The molecule has 3 aromatic rings. The molecular weight excluding hydrogens is 506 g/mol. The number of nitrogens with zero attached hydrogens (tertiary/aromatic N) is 1. The van der Waals surface area contributed by atoms with Crippen molar-refractivity contribution < 1.29 is 31.1 Å². The fraction of sp³-hybridized carbons (Fsp3) is 0.379. The predicted molar refractivity (Wildman–Crippen MR) is 131 cm³/mol. The third kappa shape index (κ3) is 6.03. The minimum absolute atomic E-state index is 0.0702. The zero-order valence-electron chi connectivity index (χ0n) is 21.0. The van der Waals surface area contributed by atoms with Crippen molar-refractivity contribution in [2.45, 2.75) is 69.3 Å². The van der Waals surface area contributed by atoms with Crippen LogP contribution in [0.4, 0.5) is 26.3 Å². The van der Waals surface area contributed by atoms with Crippen molar-refractivity contribution in [2.24, 2.45) is 0 Å². The summed E-state index contributed by atoms with van der Waals surface area (Å²) in [5.41, 5.74) is -1.16. The first-order valence-electron chi connectivity index (χ1n) is 12.4. The maximum absolute atomic E-state index is 13.4. The van der Waals surface area contributed by atoms with Gasteiger partial charge in [-0.05, 0) is 86.4 Å². The van der Waals surface area contributed by atoms with Gasteiger partial charge in [-0.2, -0.15) is 26.3 Å². The first-order chi connectivity index (χ1) is 17.8. The van der Waals surface area contributed by atoms with Crippen LogP contribution in [0.15, 0.2) is 66.9 Å². The highest BCUT2D eigenvalue weighted by molar-refractivity contribution is 5.84. The summed E-state index contributed by atoms with van der Waals surface area (Å²) in [4.78, 5) is 17.8. The summed E-state index contributed by atoms with van der Waals surface area (Å²) < 4.78 is 80.3. The predicted octanol–water partition coefficient (Wildman–Crippen LogP) is 7.90. The zero-order valence-corrected chi connectivity index (χ0v) is 21.0. The van der Waals surface area contributed by atoms with Crippen LogP contribution in [0.1, 0.15) is 78.0 Å². The highest BCUT2D eigenvalue weighted by Gasteiger charge is 2.41. The van der Waals surface area contributed by atoms with E-state index in [1.54, 1.807) is 0 Å². The molecule has 0 unspecified atom stereocenters. The fourth-order valence-electron chi connectivity index (χ4n) is 5.13. The molecule has 3 nitrogen and oxygen atoms in total. The van der Waals surface area contributed by atoms with Crippen LogP contribution >= 0.6 is 0 Å². The van der Waals surface area contributed by atoms with Crippen LogP contribution in [0.2, 0.25) is 0 Å². The molecule has 38 heavy (non-hydrogen) atoms. The van der Waals surface area contributed by atoms with Crippen molar-refractivity contribution in [1.82, 2.24) is 10.3 Å². The third-order valence-electron chi connectivity index (χ3n) is 7.44. The Balaban J connectivity index is 1.62. The summed E-state index contributed by atoms with van der Waals surface area (Å²) in [5, 5.41) is 3.03. The number of carbonyl (C=O) groups excluding carboxylic acids is 1. The van der Waals surface area contributed by atoms with E-state index in [1.165, 1.54) is 6.92 Å². The molecule has 9 heteroatoms. The van der Waals surface area contributed by atoms with E-state index in [0.29, 0.717) is 25.0 Å². The van der Waals surface area contributed by atoms with E-state index in [4.69, 9.17) is 0 Å². The van der Waals surface area contributed by atoms with Crippen LogP contribution in [0.25, 0.3) is 0 Å². The molecule has 1 saturated carbocycles. The largest absolute Gasteiger partial charge is 0.416 e. The van der Waals surface area contributed by atoms with Gasteiger partial charge in [-0.25, -0.2) is 0 Å². The molecule has 1 aromatic heterocycles. The van der Waals surface area contributed by atoms with Crippen LogP contribution in [0.3, 0.4) is 0 Å². The topological polar surface area (TPSA) is 42.0 Å². The van der Waals surface area contributed by atoms with E-state index in [9.17, 15) is 31.1 Å². The minimum atomic E-state index is -4.99. The fourth-order valence-corrected chi connectivity index (χ4v) is 5.13. The first kappa shape index (κ1) is 27.7. The maximum Gasteiger partial charge on any atom is 0.416 e. The minimum Gasteiger partial charge on any atom is -0.346 e. The van der Waals surface area contributed by atoms with Gasteiger partial charge in [-0.15, -0.1) is 0 Å². The summed E-state index contributed by atoms with van der Waals surface area (Å²) >= 11 is 0. The van der Waals surface area contributed by atoms with E-state index < -0.39 is 40.8 Å². The van der Waals surface area contributed by atoms with Gasteiger partial charge in [0.05, 0.1) is 22.6 Å². The molecule has 1 N–H and O–H groups in total. The molecule has 0 spiro atoms. The quantitative estimate of drug-likeness (QED) is 0.338. The number of benzene rings is 2. The highest BCUT2D eigenvalue weighted by Crippen LogP contribution is 2.44. The Kier molecular flexibility index (Phi) is 7.59. The summed E-state index contributed by atoms with van der Waals surface area (Å²) in [6.45, 7) is 3.23. The summed E-state index contributed by atoms with van der Waals surface area (Å²) in [5.74, 6) is -1.64. The molecule has 0 aliphatic heterocycles. The molecule has 1 heterocycles. The van der Waals surface area contributed by atoms with Crippen LogP contribution in [0, 0.1) is 6.92 Å². The third-order valence-corrected chi connectivity index (χ3v) is 7.44. The lowest BCUT2D eigenvalue weighted by atomic mass is 9.71. The van der Waals surface area contributed by atoms with Gasteiger partial charge in [0.1, 0.15) is 0 Å². The SMILES string of the molecule is Cc1ccc(C2CCC(NC(=O)[C@@H](C)c3cc(C(F)(F)F)cc(C(F)(F)F)c3)(c3ccccc3)CC2)cn1.